The Balaban J connectivity index is 1.65. The molecule has 17 heavy (non-hydrogen) atoms. The second-order valence-corrected chi connectivity index (χ2v) is 5.61. The first kappa shape index (κ1) is 11.3. The number of hydrogen-bond donors (Lipinski definition) is 1. The first-order chi connectivity index (χ1) is 8.31. The largest absolute Gasteiger partial charge is 0.480 e. The van der Waals surface area contributed by atoms with E-state index in [2.05, 4.69) is 16.0 Å². The van der Waals surface area contributed by atoms with Gasteiger partial charge in [0.1, 0.15) is 5.94 Å². The van der Waals surface area contributed by atoms with Crippen LogP contribution in [0.4, 0.5) is 0 Å². The molecule has 3 heterocycles. The molecule has 3 rings (SSSR count). The van der Waals surface area contributed by atoms with E-state index in [0.717, 1.165) is 49.9 Å². The number of nitrogens with two attached hydrogens (primary N) is 1. The fraction of sp³-hybridized carbons (Fsp3) is 0.583. The number of hydrogen-bond acceptors (Lipinski definition) is 5. The van der Waals surface area contributed by atoms with Crippen molar-refractivity contribution in [3.8, 4) is 5.75 Å². The van der Waals surface area contributed by atoms with Gasteiger partial charge in [0.2, 0.25) is 0 Å². The molecule has 5 heteroatoms. The van der Waals surface area contributed by atoms with Crippen molar-refractivity contribution < 1.29 is 4.74 Å². The Bertz CT molecular complexity index is 405. The van der Waals surface area contributed by atoms with Crippen LogP contribution in [0.25, 0.3) is 0 Å². The fourth-order valence-corrected chi connectivity index (χ4v) is 3.06. The van der Waals surface area contributed by atoms with E-state index >= 15 is 0 Å². The molecule has 0 unspecified atom stereocenters. The quantitative estimate of drug-likeness (QED) is 0.862. The van der Waals surface area contributed by atoms with Gasteiger partial charge in [-0.1, -0.05) is 11.8 Å². The number of thioether (sulfide) groups is 1. The molecule has 92 valence electrons. The van der Waals surface area contributed by atoms with Crippen LogP contribution in [-0.2, 0) is 6.54 Å². The minimum Gasteiger partial charge on any atom is -0.480 e. The maximum Gasteiger partial charge on any atom is 0.152 e. The summed E-state index contributed by atoms with van der Waals surface area (Å²) >= 11 is 1.74. The highest BCUT2D eigenvalue weighted by Gasteiger charge is 2.18. The van der Waals surface area contributed by atoms with Gasteiger partial charge in [-0.2, -0.15) is 0 Å². The molecule has 0 spiro atoms. The Morgan fingerprint density at radius 2 is 2.29 bits per heavy atom. The summed E-state index contributed by atoms with van der Waals surface area (Å²) in [7, 11) is 0. The van der Waals surface area contributed by atoms with Crippen molar-refractivity contribution in [3.63, 3.8) is 0 Å². The molecule has 2 aliphatic rings. The number of rotatable bonds is 2. The molecule has 0 atom stereocenters. The molecule has 1 fully saturated rings. The molecule has 0 aromatic carbocycles. The van der Waals surface area contributed by atoms with E-state index in [1.807, 2.05) is 6.20 Å². The molecule has 1 saturated heterocycles. The second-order valence-electron chi connectivity index (χ2n) is 4.64. The first-order valence-corrected chi connectivity index (χ1v) is 7.02. The summed E-state index contributed by atoms with van der Waals surface area (Å²) in [4.78, 5) is 8.11. The number of fused-ring (bicyclic) bond motifs is 1. The maximum absolute atomic E-state index is 5.90. The summed E-state index contributed by atoms with van der Waals surface area (Å²) in [6.07, 6.45) is 4.05. The Kier molecular flexibility index (Phi) is 3.22. The summed E-state index contributed by atoms with van der Waals surface area (Å²) in [5.74, 6) is 1.65. The molecular formula is C12H17N3OS. The highest BCUT2D eigenvalue weighted by atomic mass is 32.2. The van der Waals surface area contributed by atoms with Crippen LogP contribution in [0.1, 0.15) is 18.5 Å². The molecule has 0 aliphatic carbocycles. The van der Waals surface area contributed by atoms with Gasteiger partial charge in [0.25, 0.3) is 0 Å². The topological polar surface area (TPSA) is 51.4 Å². The van der Waals surface area contributed by atoms with Crippen LogP contribution in [0.3, 0.4) is 0 Å². The molecule has 0 amide bonds. The zero-order valence-electron chi connectivity index (χ0n) is 9.76. The molecular weight excluding hydrogens is 234 g/mol. The van der Waals surface area contributed by atoms with Gasteiger partial charge < -0.3 is 10.5 Å². The lowest BCUT2D eigenvalue weighted by atomic mass is 10.1. The third-order valence-electron chi connectivity index (χ3n) is 3.33. The summed E-state index contributed by atoms with van der Waals surface area (Å²) < 4.78 is 5.43. The number of ether oxygens (including phenoxy) is 1. The lowest BCUT2D eigenvalue weighted by Crippen LogP contribution is -2.39. The number of nitrogens with zero attached hydrogens (tertiary/aromatic N) is 2. The Morgan fingerprint density at radius 3 is 3.12 bits per heavy atom. The van der Waals surface area contributed by atoms with Crippen LogP contribution in [0.2, 0.25) is 0 Å². The van der Waals surface area contributed by atoms with Gasteiger partial charge in [0.15, 0.2) is 5.75 Å². The maximum atomic E-state index is 5.90. The number of aromatic nitrogens is 1. The Morgan fingerprint density at radius 1 is 1.47 bits per heavy atom. The molecule has 0 bridgehead atoms. The lowest BCUT2D eigenvalue weighted by Gasteiger charge is -2.29. The fourth-order valence-electron chi connectivity index (χ4n) is 2.27. The van der Waals surface area contributed by atoms with Crippen molar-refractivity contribution >= 4 is 11.8 Å². The predicted molar refractivity (Wildman–Crippen MR) is 68.1 cm³/mol. The van der Waals surface area contributed by atoms with E-state index in [9.17, 15) is 0 Å². The van der Waals surface area contributed by atoms with Crippen LogP contribution in [0.5, 0.6) is 5.75 Å². The number of likely N-dealkylation sites (tertiary alicyclic amines) is 1. The van der Waals surface area contributed by atoms with Crippen LogP contribution >= 0.6 is 11.8 Å². The monoisotopic (exact) mass is 251 g/mol. The smallest absolute Gasteiger partial charge is 0.152 e. The van der Waals surface area contributed by atoms with E-state index in [-0.39, 0.29) is 0 Å². The number of pyridine rings is 1. The molecule has 4 nitrogen and oxygen atoms in total. The van der Waals surface area contributed by atoms with Crippen LogP contribution in [0, 0.1) is 0 Å². The van der Waals surface area contributed by atoms with Crippen LogP contribution in [0.15, 0.2) is 17.2 Å². The van der Waals surface area contributed by atoms with E-state index < -0.39 is 0 Å². The molecule has 0 saturated carbocycles. The average Bonchev–Trinajstić information content (AvgIpc) is 2.79. The summed E-state index contributed by atoms with van der Waals surface area (Å²) in [5, 5.41) is 0. The minimum atomic E-state index is 0.392. The van der Waals surface area contributed by atoms with Gasteiger partial charge in [-0.05, 0) is 18.9 Å². The summed E-state index contributed by atoms with van der Waals surface area (Å²) in [6, 6.07) is 2.55. The molecule has 2 N–H and O–H groups in total. The molecule has 0 radical (unpaired) electrons. The summed E-state index contributed by atoms with van der Waals surface area (Å²) in [5.41, 5.74) is 7.04. The standard InChI is InChI=1S/C12H17N3OS/c13-9-1-3-15(4-2-9)7-10-5-12-11(6-14-10)16-8-17-12/h5-6,9H,1-4,7-8,13H2. The van der Waals surface area contributed by atoms with Crippen LogP contribution < -0.4 is 10.5 Å². The first-order valence-electron chi connectivity index (χ1n) is 6.04. The average molecular weight is 251 g/mol. The number of piperidine rings is 1. The van der Waals surface area contributed by atoms with Gasteiger partial charge in [-0.3, -0.25) is 9.88 Å². The van der Waals surface area contributed by atoms with Gasteiger partial charge in [0, 0.05) is 25.7 Å². The normalized spacial score (nSPS) is 21.2. The van der Waals surface area contributed by atoms with Crippen molar-refractivity contribution in [2.75, 3.05) is 19.0 Å². The van der Waals surface area contributed by atoms with Crippen molar-refractivity contribution in [1.29, 1.82) is 0 Å². The van der Waals surface area contributed by atoms with Gasteiger partial charge in [-0.15, -0.1) is 0 Å². The van der Waals surface area contributed by atoms with E-state index in [1.165, 1.54) is 4.90 Å². The zero-order valence-corrected chi connectivity index (χ0v) is 10.6. The molecule has 1 aromatic rings. The predicted octanol–water partition coefficient (Wildman–Crippen LogP) is 1.45. The van der Waals surface area contributed by atoms with Gasteiger partial charge >= 0.3 is 0 Å². The van der Waals surface area contributed by atoms with Crippen molar-refractivity contribution in [2.45, 2.75) is 30.3 Å². The van der Waals surface area contributed by atoms with Crippen LogP contribution in [-0.4, -0.2) is 35.0 Å². The summed E-state index contributed by atoms with van der Waals surface area (Å²) in [6.45, 7) is 3.10. The van der Waals surface area contributed by atoms with Gasteiger partial charge in [0.05, 0.1) is 16.8 Å². The lowest BCUT2D eigenvalue weighted by molar-refractivity contribution is 0.203. The second kappa shape index (κ2) is 4.84. The van der Waals surface area contributed by atoms with Crippen molar-refractivity contribution in [3.05, 3.63) is 18.0 Å². The molecule has 1 aromatic heterocycles. The van der Waals surface area contributed by atoms with Crippen molar-refractivity contribution in [2.24, 2.45) is 5.73 Å². The minimum absolute atomic E-state index is 0.392. The third-order valence-corrected chi connectivity index (χ3v) is 4.20. The zero-order chi connectivity index (χ0) is 11.7. The van der Waals surface area contributed by atoms with E-state index in [4.69, 9.17) is 10.5 Å². The third kappa shape index (κ3) is 2.56. The Labute approximate surface area is 106 Å². The van der Waals surface area contributed by atoms with E-state index in [1.54, 1.807) is 11.8 Å². The highest BCUT2D eigenvalue weighted by Crippen LogP contribution is 2.35. The van der Waals surface area contributed by atoms with Crippen molar-refractivity contribution in [1.82, 2.24) is 9.88 Å². The highest BCUT2D eigenvalue weighted by molar-refractivity contribution is 7.99. The molecule has 2 aliphatic heterocycles. The van der Waals surface area contributed by atoms with Gasteiger partial charge in [-0.25, -0.2) is 0 Å². The Hall–Kier alpha value is -0.780. The van der Waals surface area contributed by atoms with E-state index in [0.29, 0.717) is 6.04 Å². The SMILES string of the molecule is NC1CCN(Cc2cc3c(cn2)OCS3)CC1.